The van der Waals surface area contributed by atoms with Crippen molar-refractivity contribution < 1.29 is 24.5 Å². The molecule has 6 nitrogen and oxygen atoms in total. The lowest BCUT2D eigenvalue weighted by molar-refractivity contribution is -0.129. The molecule has 0 spiro atoms. The standard InChI is InChI=1S/C16H17NO5/c1-22-8-4-2-7(3-5-8)17-15(20)11-9-6-10(12(11)16(17)21)14(19)13(9)18/h2-5,9-14,18-19H,6H2,1H3/t9-,10+,11-,12-,13+,14+/m1/s1. The number of ether oxygens (including phenoxy) is 1. The van der Waals surface area contributed by atoms with Crippen molar-refractivity contribution in [2.75, 3.05) is 12.0 Å². The monoisotopic (exact) mass is 303 g/mol. The molecule has 1 aromatic carbocycles. The Hall–Kier alpha value is -1.92. The second-order valence-corrected chi connectivity index (χ2v) is 6.31. The van der Waals surface area contributed by atoms with Gasteiger partial charge in [-0.2, -0.15) is 0 Å². The minimum Gasteiger partial charge on any atom is -0.497 e. The van der Waals surface area contributed by atoms with Crippen molar-refractivity contribution in [1.29, 1.82) is 0 Å². The molecule has 1 aromatic rings. The highest BCUT2D eigenvalue weighted by Crippen LogP contribution is 2.56. The van der Waals surface area contributed by atoms with Gasteiger partial charge in [-0.25, -0.2) is 0 Å². The molecule has 3 aliphatic rings. The van der Waals surface area contributed by atoms with E-state index in [2.05, 4.69) is 0 Å². The number of hydrogen-bond donors (Lipinski definition) is 2. The number of hydrogen-bond acceptors (Lipinski definition) is 5. The number of aliphatic hydroxyl groups excluding tert-OH is 2. The summed E-state index contributed by atoms with van der Waals surface area (Å²) >= 11 is 0. The van der Waals surface area contributed by atoms with Crippen molar-refractivity contribution >= 4 is 17.5 Å². The summed E-state index contributed by atoms with van der Waals surface area (Å²) in [4.78, 5) is 26.5. The highest BCUT2D eigenvalue weighted by molar-refractivity contribution is 6.22. The van der Waals surface area contributed by atoms with Crippen LogP contribution >= 0.6 is 0 Å². The molecule has 2 bridgehead atoms. The molecule has 116 valence electrons. The topological polar surface area (TPSA) is 87.1 Å². The van der Waals surface area contributed by atoms with Gasteiger partial charge in [0.1, 0.15) is 5.75 Å². The second kappa shape index (κ2) is 4.54. The summed E-state index contributed by atoms with van der Waals surface area (Å²) in [5.74, 6) is -1.52. The Bertz CT molecular complexity index is 610. The van der Waals surface area contributed by atoms with Crippen molar-refractivity contribution in [2.45, 2.75) is 18.6 Å². The average molecular weight is 303 g/mol. The fourth-order valence-corrected chi connectivity index (χ4v) is 4.42. The Kier molecular flexibility index (Phi) is 2.83. The Balaban J connectivity index is 1.69. The summed E-state index contributed by atoms with van der Waals surface area (Å²) < 4.78 is 5.08. The Morgan fingerprint density at radius 1 is 1.00 bits per heavy atom. The van der Waals surface area contributed by atoms with Gasteiger partial charge in [0.25, 0.3) is 0 Å². The van der Waals surface area contributed by atoms with Crippen LogP contribution in [0.4, 0.5) is 5.69 Å². The van der Waals surface area contributed by atoms with E-state index in [0.29, 0.717) is 17.9 Å². The van der Waals surface area contributed by atoms with Gasteiger partial charge in [0, 0.05) is 11.8 Å². The van der Waals surface area contributed by atoms with E-state index in [4.69, 9.17) is 4.74 Å². The van der Waals surface area contributed by atoms with E-state index in [0.717, 1.165) is 0 Å². The van der Waals surface area contributed by atoms with E-state index >= 15 is 0 Å². The number of rotatable bonds is 2. The van der Waals surface area contributed by atoms with Gasteiger partial charge < -0.3 is 14.9 Å². The third kappa shape index (κ3) is 1.56. The number of imide groups is 1. The molecule has 2 amide bonds. The predicted molar refractivity (Wildman–Crippen MR) is 76.1 cm³/mol. The number of fused-ring (bicyclic) bond motifs is 5. The largest absolute Gasteiger partial charge is 0.497 e. The lowest BCUT2D eigenvalue weighted by Crippen LogP contribution is -2.43. The van der Waals surface area contributed by atoms with Crippen molar-refractivity contribution in [1.82, 2.24) is 0 Å². The summed E-state index contributed by atoms with van der Waals surface area (Å²) in [5.41, 5.74) is 0.508. The van der Waals surface area contributed by atoms with Crippen LogP contribution in [0.15, 0.2) is 24.3 Å². The molecule has 6 atom stereocenters. The molecular weight excluding hydrogens is 286 g/mol. The van der Waals surface area contributed by atoms with E-state index in [9.17, 15) is 19.8 Å². The molecule has 1 aliphatic heterocycles. The molecule has 2 N–H and O–H groups in total. The number of benzene rings is 1. The summed E-state index contributed by atoms with van der Waals surface area (Å²) in [6.45, 7) is 0. The molecule has 2 aliphatic carbocycles. The van der Waals surface area contributed by atoms with Gasteiger partial charge in [-0.1, -0.05) is 0 Å². The average Bonchev–Trinajstić information content (AvgIpc) is 3.13. The minimum absolute atomic E-state index is 0.265. The number of methoxy groups -OCH3 is 1. The maximum absolute atomic E-state index is 12.7. The van der Waals surface area contributed by atoms with Crippen LogP contribution in [-0.4, -0.2) is 41.3 Å². The molecule has 0 unspecified atom stereocenters. The van der Waals surface area contributed by atoms with Gasteiger partial charge in [0.05, 0.1) is 36.8 Å². The van der Waals surface area contributed by atoms with E-state index in [1.807, 2.05) is 0 Å². The number of anilines is 1. The van der Waals surface area contributed by atoms with Crippen molar-refractivity contribution in [3.8, 4) is 5.75 Å². The highest BCUT2D eigenvalue weighted by atomic mass is 16.5. The fraction of sp³-hybridized carbons (Fsp3) is 0.500. The first-order valence-corrected chi connectivity index (χ1v) is 7.42. The van der Waals surface area contributed by atoms with Crippen LogP contribution in [-0.2, 0) is 9.59 Å². The zero-order valence-electron chi connectivity index (χ0n) is 12.0. The molecular formula is C16H17NO5. The maximum Gasteiger partial charge on any atom is 0.238 e. The van der Waals surface area contributed by atoms with Crippen LogP contribution < -0.4 is 9.64 Å². The van der Waals surface area contributed by atoms with Crippen LogP contribution in [0.3, 0.4) is 0 Å². The van der Waals surface area contributed by atoms with Gasteiger partial charge in [0.2, 0.25) is 11.8 Å². The zero-order chi connectivity index (χ0) is 15.6. The van der Waals surface area contributed by atoms with Crippen molar-refractivity contribution in [3.63, 3.8) is 0 Å². The maximum atomic E-state index is 12.7. The molecule has 4 rings (SSSR count). The summed E-state index contributed by atoms with van der Waals surface area (Å²) in [5, 5.41) is 20.0. The normalized spacial score (nSPS) is 39.5. The quantitative estimate of drug-likeness (QED) is 0.761. The zero-order valence-corrected chi connectivity index (χ0v) is 12.0. The van der Waals surface area contributed by atoms with Gasteiger partial charge in [-0.15, -0.1) is 0 Å². The first-order chi connectivity index (χ1) is 10.5. The van der Waals surface area contributed by atoms with Crippen molar-refractivity contribution in [2.24, 2.45) is 23.7 Å². The van der Waals surface area contributed by atoms with Gasteiger partial charge in [-0.3, -0.25) is 14.5 Å². The third-order valence-corrected chi connectivity index (χ3v) is 5.42. The van der Waals surface area contributed by atoms with Crippen LogP contribution in [0.25, 0.3) is 0 Å². The summed E-state index contributed by atoms with van der Waals surface area (Å²) in [6, 6.07) is 6.74. The first kappa shape index (κ1) is 13.7. The molecule has 22 heavy (non-hydrogen) atoms. The molecule has 2 saturated carbocycles. The van der Waals surface area contributed by atoms with Gasteiger partial charge in [0.15, 0.2) is 0 Å². The number of carbonyl (C=O) groups excluding carboxylic acids is 2. The molecule has 0 radical (unpaired) electrons. The number of nitrogens with zero attached hydrogens (tertiary/aromatic N) is 1. The Morgan fingerprint density at radius 3 is 1.95 bits per heavy atom. The molecule has 6 heteroatoms. The minimum atomic E-state index is -0.904. The third-order valence-electron chi connectivity index (χ3n) is 5.42. The van der Waals surface area contributed by atoms with E-state index < -0.39 is 24.0 Å². The lowest BCUT2D eigenvalue weighted by Gasteiger charge is -2.29. The fourth-order valence-electron chi connectivity index (χ4n) is 4.42. The van der Waals surface area contributed by atoms with E-state index in [1.165, 1.54) is 4.90 Å². The van der Waals surface area contributed by atoms with Crippen LogP contribution in [0.1, 0.15) is 6.42 Å². The highest BCUT2D eigenvalue weighted by Gasteiger charge is 2.67. The van der Waals surface area contributed by atoms with E-state index in [1.54, 1.807) is 31.4 Å². The molecule has 1 saturated heterocycles. The number of aliphatic hydroxyl groups is 2. The van der Waals surface area contributed by atoms with Crippen LogP contribution in [0, 0.1) is 23.7 Å². The Morgan fingerprint density at radius 2 is 1.50 bits per heavy atom. The SMILES string of the molecule is COc1ccc(N2C(=O)[C@@H]3[C@@H]4C[C@@H]([C@H](O)[C@H]4O)[C@H]3C2=O)cc1. The Labute approximate surface area is 127 Å². The number of carbonyl (C=O) groups is 2. The lowest BCUT2D eigenvalue weighted by atomic mass is 9.78. The number of amides is 2. The second-order valence-electron chi connectivity index (χ2n) is 6.31. The van der Waals surface area contributed by atoms with Gasteiger partial charge >= 0.3 is 0 Å². The molecule has 1 heterocycles. The predicted octanol–water partition coefficient (Wildman–Crippen LogP) is 0.172. The first-order valence-electron chi connectivity index (χ1n) is 7.42. The van der Waals surface area contributed by atoms with E-state index in [-0.39, 0.29) is 23.7 Å². The van der Waals surface area contributed by atoms with Crippen LogP contribution in [0.5, 0.6) is 5.75 Å². The van der Waals surface area contributed by atoms with Crippen LogP contribution in [0.2, 0.25) is 0 Å². The van der Waals surface area contributed by atoms with Gasteiger partial charge in [-0.05, 0) is 30.7 Å². The van der Waals surface area contributed by atoms with Crippen molar-refractivity contribution in [3.05, 3.63) is 24.3 Å². The summed E-state index contributed by atoms with van der Waals surface area (Å²) in [7, 11) is 1.55. The molecule has 3 fully saturated rings. The summed E-state index contributed by atoms with van der Waals surface area (Å²) in [6.07, 6.45) is -1.26. The molecule has 0 aromatic heterocycles. The smallest absolute Gasteiger partial charge is 0.238 e.